The SMILES string of the molecule is CC(N)(C#N)CCCCOC1CCOC1. The molecule has 0 aromatic heterocycles. The van der Waals surface area contributed by atoms with E-state index >= 15 is 0 Å². The van der Waals surface area contributed by atoms with E-state index in [2.05, 4.69) is 6.07 Å². The van der Waals surface area contributed by atoms with Crippen molar-refractivity contribution in [3.8, 4) is 6.07 Å². The molecular formula is C11H20N2O2. The molecule has 1 aliphatic rings. The summed E-state index contributed by atoms with van der Waals surface area (Å²) in [6, 6.07) is 2.09. The van der Waals surface area contributed by atoms with Crippen molar-refractivity contribution in [2.24, 2.45) is 5.73 Å². The summed E-state index contributed by atoms with van der Waals surface area (Å²) in [5, 5.41) is 8.70. The van der Waals surface area contributed by atoms with Crippen LogP contribution in [0.4, 0.5) is 0 Å². The molecule has 0 aromatic carbocycles. The van der Waals surface area contributed by atoms with Crippen molar-refractivity contribution in [1.29, 1.82) is 5.26 Å². The fraction of sp³-hybridized carbons (Fsp3) is 0.909. The Labute approximate surface area is 91.3 Å². The second-order valence-corrected chi connectivity index (χ2v) is 4.34. The Kier molecular flexibility index (Phi) is 5.03. The molecule has 0 spiro atoms. The monoisotopic (exact) mass is 212 g/mol. The average molecular weight is 212 g/mol. The molecule has 0 amide bonds. The normalized spacial score (nSPS) is 24.7. The van der Waals surface area contributed by atoms with Gasteiger partial charge in [0.25, 0.3) is 0 Å². The van der Waals surface area contributed by atoms with Crippen LogP contribution in [0.3, 0.4) is 0 Å². The van der Waals surface area contributed by atoms with Gasteiger partial charge in [0.05, 0.1) is 18.8 Å². The van der Waals surface area contributed by atoms with Crippen molar-refractivity contribution in [1.82, 2.24) is 0 Å². The van der Waals surface area contributed by atoms with E-state index in [-0.39, 0.29) is 6.10 Å². The van der Waals surface area contributed by atoms with Gasteiger partial charge in [-0.1, -0.05) is 0 Å². The van der Waals surface area contributed by atoms with Crippen LogP contribution in [0.25, 0.3) is 0 Å². The quantitative estimate of drug-likeness (QED) is 0.672. The Balaban J connectivity index is 1.95. The van der Waals surface area contributed by atoms with Gasteiger partial charge in [0.1, 0.15) is 5.54 Å². The minimum absolute atomic E-state index is 0.283. The summed E-state index contributed by atoms with van der Waals surface area (Å²) in [4.78, 5) is 0. The van der Waals surface area contributed by atoms with Crippen molar-refractivity contribution < 1.29 is 9.47 Å². The third kappa shape index (κ3) is 5.12. The lowest BCUT2D eigenvalue weighted by molar-refractivity contribution is 0.0403. The van der Waals surface area contributed by atoms with Crippen molar-refractivity contribution in [3.63, 3.8) is 0 Å². The number of rotatable bonds is 6. The van der Waals surface area contributed by atoms with E-state index in [1.165, 1.54) is 0 Å². The third-order valence-corrected chi connectivity index (χ3v) is 2.59. The molecule has 1 saturated heterocycles. The van der Waals surface area contributed by atoms with Crippen LogP contribution in [0.1, 0.15) is 32.6 Å². The van der Waals surface area contributed by atoms with Crippen molar-refractivity contribution in [3.05, 3.63) is 0 Å². The van der Waals surface area contributed by atoms with Gasteiger partial charge in [0.15, 0.2) is 0 Å². The number of nitriles is 1. The van der Waals surface area contributed by atoms with Gasteiger partial charge >= 0.3 is 0 Å². The topological polar surface area (TPSA) is 68.3 Å². The summed E-state index contributed by atoms with van der Waals surface area (Å²) in [5.41, 5.74) is 5.01. The number of hydrogen-bond acceptors (Lipinski definition) is 4. The van der Waals surface area contributed by atoms with Gasteiger partial charge in [0.2, 0.25) is 0 Å². The molecule has 86 valence electrons. The van der Waals surface area contributed by atoms with Crippen LogP contribution in [0.15, 0.2) is 0 Å². The largest absolute Gasteiger partial charge is 0.379 e. The molecule has 4 nitrogen and oxygen atoms in total. The zero-order chi connectivity index (χ0) is 11.1. The van der Waals surface area contributed by atoms with Crippen LogP contribution in [0.2, 0.25) is 0 Å². The number of unbranched alkanes of at least 4 members (excludes halogenated alkanes) is 1. The predicted molar refractivity (Wildman–Crippen MR) is 57.2 cm³/mol. The number of nitrogens with zero attached hydrogens (tertiary/aromatic N) is 1. The molecule has 4 heteroatoms. The molecule has 1 aliphatic heterocycles. The fourth-order valence-corrected chi connectivity index (χ4v) is 1.54. The van der Waals surface area contributed by atoms with E-state index in [4.69, 9.17) is 20.5 Å². The van der Waals surface area contributed by atoms with E-state index in [0.717, 1.165) is 45.5 Å². The average Bonchev–Trinajstić information content (AvgIpc) is 2.70. The summed E-state index contributed by atoms with van der Waals surface area (Å²) in [6.07, 6.45) is 3.92. The van der Waals surface area contributed by atoms with E-state index in [0.29, 0.717) is 0 Å². The fourth-order valence-electron chi connectivity index (χ4n) is 1.54. The first-order chi connectivity index (χ1) is 7.14. The summed E-state index contributed by atoms with van der Waals surface area (Å²) >= 11 is 0. The zero-order valence-electron chi connectivity index (χ0n) is 9.37. The van der Waals surface area contributed by atoms with Crippen LogP contribution in [-0.2, 0) is 9.47 Å². The summed E-state index contributed by atoms with van der Waals surface area (Å²) < 4.78 is 10.8. The molecule has 0 aliphatic carbocycles. The molecule has 1 rings (SSSR count). The first kappa shape index (κ1) is 12.4. The molecule has 1 fully saturated rings. The second-order valence-electron chi connectivity index (χ2n) is 4.34. The third-order valence-electron chi connectivity index (χ3n) is 2.59. The molecular weight excluding hydrogens is 192 g/mol. The predicted octanol–water partition coefficient (Wildman–Crippen LogP) is 1.20. The molecule has 15 heavy (non-hydrogen) atoms. The molecule has 2 unspecified atom stereocenters. The maximum Gasteiger partial charge on any atom is 0.101 e. The van der Waals surface area contributed by atoms with Gasteiger partial charge in [-0.05, 0) is 32.6 Å². The van der Waals surface area contributed by atoms with E-state index in [9.17, 15) is 0 Å². The highest BCUT2D eigenvalue weighted by atomic mass is 16.5. The standard InChI is InChI=1S/C11H20N2O2/c1-11(13,9-12)5-2-3-6-15-10-4-7-14-8-10/h10H,2-8,13H2,1H3. The highest BCUT2D eigenvalue weighted by molar-refractivity contribution is 5.00. The Morgan fingerprint density at radius 3 is 3.00 bits per heavy atom. The van der Waals surface area contributed by atoms with Gasteiger partial charge in [-0.2, -0.15) is 5.26 Å². The molecule has 0 radical (unpaired) electrons. The summed E-state index contributed by atoms with van der Waals surface area (Å²) in [7, 11) is 0. The van der Waals surface area contributed by atoms with Crippen molar-refractivity contribution in [2.45, 2.75) is 44.2 Å². The van der Waals surface area contributed by atoms with Crippen LogP contribution < -0.4 is 5.73 Å². The lowest BCUT2D eigenvalue weighted by Gasteiger charge is -2.15. The van der Waals surface area contributed by atoms with Crippen LogP contribution in [0.5, 0.6) is 0 Å². The Morgan fingerprint density at radius 1 is 1.60 bits per heavy atom. The first-order valence-corrected chi connectivity index (χ1v) is 5.53. The molecule has 0 aromatic rings. The summed E-state index contributed by atoms with van der Waals surface area (Å²) in [6.45, 7) is 4.06. The van der Waals surface area contributed by atoms with Crippen LogP contribution in [0, 0.1) is 11.3 Å². The van der Waals surface area contributed by atoms with Gasteiger partial charge in [0, 0.05) is 13.2 Å². The Morgan fingerprint density at radius 2 is 2.40 bits per heavy atom. The molecule has 0 bridgehead atoms. The molecule has 2 N–H and O–H groups in total. The van der Waals surface area contributed by atoms with Gasteiger partial charge in [-0.3, -0.25) is 0 Å². The van der Waals surface area contributed by atoms with Crippen LogP contribution >= 0.6 is 0 Å². The Bertz CT molecular complexity index is 217. The number of hydrogen-bond donors (Lipinski definition) is 1. The smallest absolute Gasteiger partial charge is 0.101 e. The maximum atomic E-state index is 8.70. The highest BCUT2D eigenvalue weighted by Gasteiger charge is 2.17. The van der Waals surface area contributed by atoms with E-state index in [1.807, 2.05) is 0 Å². The highest BCUT2D eigenvalue weighted by Crippen LogP contribution is 2.12. The van der Waals surface area contributed by atoms with E-state index < -0.39 is 5.54 Å². The van der Waals surface area contributed by atoms with Crippen molar-refractivity contribution >= 4 is 0 Å². The first-order valence-electron chi connectivity index (χ1n) is 5.53. The van der Waals surface area contributed by atoms with Gasteiger partial charge in [-0.25, -0.2) is 0 Å². The second kappa shape index (κ2) is 6.06. The minimum Gasteiger partial charge on any atom is -0.379 e. The number of nitrogens with two attached hydrogens (primary N) is 1. The van der Waals surface area contributed by atoms with Crippen molar-refractivity contribution in [2.75, 3.05) is 19.8 Å². The van der Waals surface area contributed by atoms with Gasteiger partial charge < -0.3 is 15.2 Å². The van der Waals surface area contributed by atoms with Crippen LogP contribution in [-0.4, -0.2) is 31.5 Å². The Hall–Kier alpha value is -0.630. The van der Waals surface area contributed by atoms with E-state index in [1.54, 1.807) is 6.92 Å². The maximum absolute atomic E-state index is 8.70. The lowest BCUT2D eigenvalue weighted by Crippen LogP contribution is -2.33. The molecule has 1 heterocycles. The number of ether oxygens (including phenoxy) is 2. The lowest BCUT2D eigenvalue weighted by atomic mass is 9.98. The summed E-state index contributed by atoms with van der Waals surface area (Å²) in [5.74, 6) is 0. The molecule has 2 atom stereocenters. The van der Waals surface area contributed by atoms with Gasteiger partial charge in [-0.15, -0.1) is 0 Å². The molecule has 0 saturated carbocycles. The minimum atomic E-state index is -0.684. The zero-order valence-corrected chi connectivity index (χ0v) is 9.37.